The van der Waals surface area contributed by atoms with Crippen LogP contribution in [0.25, 0.3) is 0 Å². The Bertz CT molecular complexity index is 741. The molecule has 0 bridgehead atoms. The summed E-state index contributed by atoms with van der Waals surface area (Å²) in [7, 11) is 1.80. The second kappa shape index (κ2) is 6.07. The number of carbonyl (C=O) groups is 2. The lowest BCUT2D eigenvalue weighted by Gasteiger charge is -2.16. The molecule has 1 aliphatic heterocycles. The van der Waals surface area contributed by atoms with Crippen LogP contribution >= 0.6 is 0 Å². The SMILES string of the molecule is Cc1cnccc1NC(=O)N[C@@H]1CCN(c2cnn(C)c2)C1=O. The maximum absolute atomic E-state index is 12.4. The number of pyridine rings is 1. The predicted octanol–water partition coefficient (Wildman–Crippen LogP) is 1.05. The highest BCUT2D eigenvalue weighted by molar-refractivity contribution is 6.02. The number of anilines is 2. The van der Waals surface area contributed by atoms with Crippen molar-refractivity contribution in [2.75, 3.05) is 16.8 Å². The van der Waals surface area contributed by atoms with Crippen LogP contribution in [0.2, 0.25) is 0 Å². The Labute approximate surface area is 133 Å². The summed E-state index contributed by atoms with van der Waals surface area (Å²) < 4.78 is 1.64. The van der Waals surface area contributed by atoms with E-state index in [9.17, 15) is 9.59 Å². The lowest BCUT2D eigenvalue weighted by molar-refractivity contribution is -0.118. The summed E-state index contributed by atoms with van der Waals surface area (Å²) >= 11 is 0. The summed E-state index contributed by atoms with van der Waals surface area (Å²) in [4.78, 5) is 30.1. The van der Waals surface area contributed by atoms with Gasteiger partial charge in [0.1, 0.15) is 6.04 Å². The van der Waals surface area contributed by atoms with E-state index >= 15 is 0 Å². The van der Waals surface area contributed by atoms with Crippen LogP contribution in [0.15, 0.2) is 30.9 Å². The van der Waals surface area contributed by atoms with Crippen LogP contribution in [0, 0.1) is 6.92 Å². The number of carbonyl (C=O) groups excluding carboxylic acids is 2. The Morgan fingerprint density at radius 2 is 2.22 bits per heavy atom. The van der Waals surface area contributed by atoms with Crippen molar-refractivity contribution in [3.8, 4) is 0 Å². The summed E-state index contributed by atoms with van der Waals surface area (Å²) in [6.07, 6.45) is 7.26. The molecule has 1 aliphatic rings. The quantitative estimate of drug-likeness (QED) is 0.886. The monoisotopic (exact) mass is 314 g/mol. The van der Waals surface area contributed by atoms with Gasteiger partial charge < -0.3 is 15.5 Å². The summed E-state index contributed by atoms with van der Waals surface area (Å²) in [5.74, 6) is -0.125. The molecule has 1 saturated heterocycles. The number of amides is 3. The van der Waals surface area contributed by atoms with E-state index in [4.69, 9.17) is 0 Å². The van der Waals surface area contributed by atoms with Gasteiger partial charge in [0.15, 0.2) is 0 Å². The van der Waals surface area contributed by atoms with Crippen molar-refractivity contribution in [3.63, 3.8) is 0 Å². The summed E-state index contributed by atoms with van der Waals surface area (Å²) in [5.41, 5.74) is 2.27. The van der Waals surface area contributed by atoms with E-state index in [1.165, 1.54) is 0 Å². The van der Waals surface area contributed by atoms with Gasteiger partial charge in [-0.2, -0.15) is 5.10 Å². The number of hydrogen-bond acceptors (Lipinski definition) is 4. The van der Waals surface area contributed by atoms with E-state index in [0.29, 0.717) is 18.7 Å². The number of hydrogen-bond donors (Lipinski definition) is 2. The minimum Gasteiger partial charge on any atom is -0.326 e. The van der Waals surface area contributed by atoms with Crippen molar-refractivity contribution in [1.82, 2.24) is 20.1 Å². The van der Waals surface area contributed by atoms with Crippen molar-refractivity contribution in [3.05, 3.63) is 36.4 Å². The molecule has 8 nitrogen and oxygen atoms in total. The van der Waals surface area contributed by atoms with E-state index in [1.807, 2.05) is 6.92 Å². The van der Waals surface area contributed by atoms with Gasteiger partial charge >= 0.3 is 6.03 Å². The first kappa shape index (κ1) is 15.0. The Kier molecular flexibility index (Phi) is 3.96. The van der Waals surface area contributed by atoms with Crippen molar-refractivity contribution >= 4 is 23.3 Å². The molecule has 1 fully saturated rings. The van der Waals surface area contributed by atoms with Crippen LogP contribution in [-0.4, -0.2) is 39.3 Å². The van der Waals surface area contributed by atoms with Gasteiger partial charge in [0.25, 0.3) is 0 Å². The maximum Gasteiger partial charge on any atom is 0.319 e. The molecule has 0 unspecified atom stereocenters. The molecule has 23 heavy (non-hydrogen) atoms. The Balaban J connectivity index is 1.62. The molecule has 3 amide bonds. The molecular weight excluding hydrogens is 296 g/mol. The van der Waals surface area contributed by atoms with E-state index in [-0.39, 0.29) is 5.91 Å². The smallest absolute Gasteiger partial charge is 0.319 e. The second-order valence-corrected chi connectivity index (χ2v) is 5.49. The predicted molar refractivity (Wildman–Crippen MR) is 85.1 cm³/mol. The second-order valence-electron chi connectivity index (χ2n) is 5.49. The lowest BCUT2D eigenvalue weighted by Crippen LogP contribution is -2.43. The standard InChI is InChI=1S/C15H18N6O2/c1-10-7-16-5-3-12(10)18-15(23)19-13-4-6-21(14(13)22)11-8-17-20(2)9-11/h3,5,7-9,13H,4,6H2,1-2H3,(H2,16,18,19,23)/t13-/m1/s1. The van der Waals surface area contributed by atoms with Gasteiger partial charge in [-0.25, -0.2) is 4.79 Å². The minimum absolute atomic E-state index is 0.125. The molecule has 0 aromatic carbocycles. The molecule has 0 spiro atoms. The number of aromatic nitrogens is 3. The number of nitrogens with one attached hydrogen (secondary N) is 2. The van der Waals surface area contributed by atoms with Gasteiger partial charge in [-0.1, -0.05) is 0 Å². The summed E-state index contributed by atoms with van der Waals surface area (Å²) in [6, 6.07) is 0.788. The molecule has 8 heteroatoms. The zero-order valence-electron chi connectivity index (χ0n) is 13.0. The summed E-state index contributed by atoms with van der Waals surface area (Å²) in [6.45, 7) is 2.41. The number of aryl methyl sites for hydroxylation is 2. The highest BCUT2D eigenvalue weighted by Gasteiger charge is 2.34. The fraction of sp³-hybridized carbons (Fsp3) is 0.333. The molecule has 0 saturated carbocycles. The number of rotatable bonds is 3. The highest BCUT2D eigenvalue weighted by atomic mass is 16.2. The van der Waals surface area contributed by atoms with Gasteiger partial charge in [-0.05, 0) is 25.0 Å². The zero-order valence-corrected chi connectivity index (χ0v) is 13.0. The third kappa shape index (κ3) is 3.15. The van der Waals surface area contributed by atoms with Crippen molar-refractivity contribution in [1.29, 1.82) is 0 Å². The normalized spacial score (nSPS) is 17.4. The Morgan fingerprint density at radius 3 is 2.91 bits per heavy atom. The third-order valence-corrected chi connectivity index (χ3v) is 3.78. The minimum atomic E-state index is -0.530. The van der Waals surface area contributed by atoms with Crippen LogP contribution < -0.4 is 15.5 Å². The summed E-state index contributed by atoms with van der Waals surface area (Å²) in [5, 5.41) is 9.53. The molecule has 3 heterocycles. The van der Waals surface area contributed by atoms with Crippen LogP contribution in [0.3, 0.4) is 0 Å². The van der Waals surface area contributed by atoms with Gasteiger partial charge in [0, 0.05) is 37.9 Å². The van der Waals surface area contributed by atoms with Gasteiger partial charge in [0.05, 0.1) is 11.9 Å². The highest BCUT2D eigenvalue weighted by Crippen LogP contribution is 2.20. The molecule has 1 atom stereocenters. The number of nitrogens with zero attached hydrogens (tertiary/aromatic N) is 4. The zero-order chi connectivity index (χ0) is 16.4. The van der Waals surface area contributed by atoms with Crippen LogP contribution in [0.1, 0.15) is 12.0 Å². The van der Waals surface area contributed by atoms with E-state index in [0.717, 1.165) is 11.3 Å². The lowest BCUT2D eigenvalue weighted by atomic mass is 10.2. The molecule has 2 N–H and O–H groups in total. The molecule has 2 aromatic rings. The third-order valence-electron chi connectivity index (χ3n) is 3.78. The molecule has 3 rings (SSSR count). The molecule has 0 radical (unpaired) electrons. The molecular formula is C15H18N6O2. The van der Waals surface area contributed by atoms with Crippen molar-refractivity contribution in [2.45, 2.75) is 19.4 Å². The van der Waals surface area contributed by atoms with Gasteiger partial charge in [0.2, 0.25) is 5.91 Å². The first-order valence-corrected chi connectivity index (χ1v) is 7.33. The first-order valence-electron chi connectivity index (χ1n) is 7.33. The van der Waals surface area contributed by atoms with E-state index < -0.39 is 12.1 Å². The molecule has 120 valence electrons. The average molecular weight is 314 g/mol. The average Bonchev–Trinajstić information content (AvgIpc) is 3.08. The van der Waals surface area contributed by atoms with E-state index in [1.54, 1.807) is 47.5 Å². The Hall–Kier alpha value is -2.90. The molecule has 2 aromatic heterocycles. The van der Waals surface area contributed by atoms with Crippen molar-refractivity contribution < 1.29 is 9.59 Å². The molecule has 0 aliphatic carbocycles. The van der Waals surface area contributed by atoms with Crippen LogP contribution in [0.4, 0.5) is 16.2 Å². The topological polar surface area (TPSA) is 92.2 Å². The fourth-order valence-corrected chi connectivity index (χ4v) is 2.55. The van der Waals surface area contributed by atoms with Gasteiger partial charge in [-0.3, -0.25) is 14.5 Å². The van der Waals surface area contributed by atoms with Gasteiger partial charge in [-0.15, -0.1) is 0 Å². The number of urea groups is 1. The fourth-order valence-electron chi connectivity index (χ4n) is 2.55. The largest absolute Gasteiger partial charge is 0.326 e. The van der Waals surface area contributed by atoms with Crippen LogP contribution in [0.5, 0.6) is 0 Å². The van der Waals surface area contributed by atoms with E-state index in [2.05, 4.69) is 20.7 Å². The van der Waals surface area contributed by atoms with Crippen LogP contribution in [-0.2, 0) is 11.8 Å². The Morgan fingerprint density at radius 1 is 1.39 bits per heavy atom. The van der Waals surface area contributed by atoms with Crippen molar-refractivity contribution in [2.24, 2.45) is 7.05 Å². The maximum atomic E-state index is 12.4. The first-order chi connectivity index (χ1) is 11.0.